The third-order valence-corrected chi connectivity index (χ3v) is 4.59. The molecule has 0 aliphatic carbocycles. The predicted molar refractivity (Wildman–Crippen MR) is 107 cm³/mol. The topological polar surface area (TPSA) is 116 Å². The number of para-hydroxylation sites is 1. The molecule has 3 aromatic heterocycles. The number of rotatable bonds is 4. The Morgan fingerprint density at radius 1 is 1.03 bits per heavy atom. The van der Waals surface area contributed by atoms with Crippen LogP contribution in [0, 0.1) is 0 Å². The number of halogens is 3. The van der Waals surface area contributed by atoms with Gasteiger partial charge in [0.1, 0.15) is 17.0 Å². The van der Waals surface area contributed by atoms with Crippen LogP contribution in [0.3, 0.4) is 0 Å². The van der Waals surface area contributed by atoms with E-state index in [1.54, 1.807) is 38.2 Å². The minimum Gasteiger partial charge on any atom is -0.384 e. The molecule has 11 heteroatoms. The number of alkyl halides is 3. The molecular formula is C20H18F3N7O. The lowest BCUT2D eigenvalue weighted by Crippen LogP contribution is -2.18. The van der Waals surface area contributed by atoms with E-state index in [-0.39, 0.29) is 34.8 Å². The summed E-state index contributed by atoms with van der Waals surface area (Å²) in [6.45, 7) is 3.50. The molecular weight excluding hydrogens is 411 g/mol. The molecule has 0 spiro atoms. The van der Waals surface area contributed by atoms with Gasteiger partial charge in [0.05, 0.1) is 35.2 Å². The number of aliphatic hydroxyl groups is 1. The van der Waals surface area contributed by atoms with Crippen molar-refractivity contribution < 1.29 is 18.3 Å². The van der Waals surface area contributed by atoms with Crippen molar-refractivity contribution in [1.29, 1.82) is 0 Å². The van der Waals surface area contributed by atoms with Gasteiger partial charge in [-0.3, -0.25) is 4.98 Å². The Balaban J connectivity index is 1.73. The summed E-state index contributed by atoms with van der Waals surface area (Å²) in [6.07, 6.45) is -3.05. The van der Waals surface area contributed by atoms with Gasteiger partial charge in [-0.25, -0.2) is 14.6 Å². The number of nitrogens with zero attached hydrogens (tertiary/aromatic N) is 6. The third-order valence-electron chi connectivity index (χ3n) is 4.59. The molecule has 0 radical (unpaired) electrons. The highest BCUT2D eigenvalue weighted by Crippen LogP contribution is 2.36. The fourth-order valence-corrected chi connectivity index (χ4v) is 3.15. The molecule has 160 valence electrons. The van der Waals surface area contributed by atoms with Crippen LogP contribution in [0.15, 0.2) is 42.6 Å². The van der Waals surface area contributed by atoms with E-state index in [9.17, 15) is 18.3 Å². The molecule has 0 aliphatic heterocycles. The van der Waals surface area contributed by atoms with E-state index >= 15 is 0 Å². The first-order valence-electron chi connectivity index (χ1n) is 9.25. The number of nitrogens with two attached hydrogens (primary N) is 1. The largest absolute Gasteiger partial charge is 0.418 e. The Labute approximate surface area is 174 Å². The van der Waals surface area contributed by atoms with Gasteiger partial charge >= 0.3 is 6.18 Å². The third kappa shape index (κ3) is 4.17. The van der Waals surface area contributed by atoms with Crippen molar-refractivity contribution >= 4 is 16.9 Å². The van der Waals surface area contributed by atoms with E-state index < -0.39 is 17.3 Å². The average Bonchev–Trinajstić information content (AvgIpc) is 3.14. The number of hydrogen-bond acceptors (Lipinski definition) is 7. The molecule has 31 heavy (non-hydrogen) atoms. The van der Waals surface area contributed by atoms with E-state index in [1.807, 2.05) is 0 Å². The highest BCUT2D eigenvalue weighted by atomic mass is 19.4. The highest BCUT2D eigenvalue weighted by Gasteiger charge is 2.34. The van der Waals surface area contributed by atoms with Gasteiger partial charge in [0.15, 0.2) is 0 Å². The minimum absolute atomic E-state index is 0.151. The Hall–Kier alpha value is -3.60. The Bertz CT molecular complexity index is 1260. The van der Waals surface area contributed by atoms with E-state index in [1.165, 1.54) is 16.8 Å². The van der Waals surface area contributed by atoms with Gasteiger partial charge in [-0.2, -0.15) is 13.2 Å². The summed E-state index contributed by atoms with van der Waals surface area (Å²) < 4.78 is 41.6. The number of fused-ring (bicyclic) bond motifs is 1. The van der Waals surface area contributed by atoms with Crippen LogP contribution < -0.4 is 5.73 Å². The second-order valence-electron chi connectivity index (χ2n) is 7.50. The monoisotopic (exact) mass is 429 g/mol. The molecule has 0 atom stereocenters. The summed E-state index contributed by atoms with van der Waals surface area (Å²) in [5.41, 5.74) is 4.91. The lowest BCUT2D eigenvalue weighted by atomic mass is 10.0. The van der Waals surface area contributed by atoms with Crippen molar-refractivity contribution in [3.05, 3.63) is 59.5 Å². The van der Waals surface area contributed by atoms with Crippen LogP contribution in [-0.4, -0.2) is 35.1 Å². The Morgan fingerprint density at radius 2 is 1.77 bits per heavy atom. The summed E-state index contributed by atoms with van der Waals surface area (Å²) in [5, 5.41) is 18.4. The smallest absolute Gasteiger partial charge is 0.384 e. The SMILES string of the molecule is CC(C)(O)c1cccc(Cn2cc(-c3nc(N)nc4c(C(F)(F)F)cccc34)nn2)n1. The summed E-state index contributed by atoms with van der Waals surface area (Å²) in [6, 6.07) is 8.95. The fourth-order valence-electron chi connectivity index (χ4n) is 3.15. The number of hydrogen-bond donors (Lipinski definition) is 2. The molecule has 0 bridgehead atoms. The lowest BCUT2D eigenvalue weighted by Gasteiger charge is -2.17. The summed E-state index contributed by atoms with van der Waals surface area (Å²) in [4.78, 5) is 12.3. The molecule has 1 aromatic carbocycles. The summed E-state index contributed by atoms with van der Waals surface area (Å²) >= 11 is 0. The molecule has 4 rings (SSSR count). The van der Waals surface area contributed by atoms with Crippen molar-refractivity contribution in [2.75, 3.05) is 5.73 Å². The summed E-state index contributed by atoms with van der Waals surface area (Å²) in [5.74, 6) is -0.298. The lowest BCUT2D eigenvalue weighted by molar-refractivity contribution is -0.136. The Morgan fingerprint density at radius 3 is 2.48 bits per heavy atom. The first-order chi connectivity index (χ1) is 14.5. The van der Waals surface area contributed by atoms with Crippen molar-refractivity contribution in [2.24, 2.45) is 0 Å². The molecule has 8 nitrogen and oxygen atoms in total. The normalized spacial score (nSPS) is 12.5. The van der Waals surface area contributed by atoms with Crippen LogP contribution in [0.4, 0.5) is 19.1 Å². The molecule has 0 saturated heterocycles. The van der Waals surface area contributed by atoms with Crippen LogP contribution in [0.1, 0.15) is 30.8 Å². The first kappa shape index (κ1) is 20.7. The van der Waals surface area contributed by atoms with Gasteiger partial charge in [0, 0.05) is 5.39 Å². The standard InChI is InChI=1S/C20H18F3N7O/c1-19(2,31)15-8-3-5-11(25-15)9-30-10-14(28-29-30)17-12-6-4-7-13(20(21,22)23)16(12)26-18(24)27-17/h3-8,10,31H,9H2,1-2H3,(H2,24,26,27). The number of benzene rings is 1. The number of aromatic nitrogens is 6. The summed E-state index contributed by atoms with van der Waals surface area (Å²) in [7, 11) is 0. The second kappa shape index (κ2) is 7.27. The molecule has 0 amide bonds. The zero-order valence-electron chi connectivity index (χ0n) is 16.6. The van der Waals surface area contributed by atoms with E-state index in [0.29, 0.717) is 11.4 Å². The maximum atomic E-state index is 13.4. The maximum Gasteiger partial charge on any atom is 0.418 e. The number of pyridine rings is 1. The molecule has 0 saturated carbocycles. The zero-order chi connectivity index (χ0) is 22.4. The molecule has 4 aromatic rings. The average molecular weight is 429 g/mol. The van der Waals surface area contributed by atoms with Gasteiger partial charge in [0.25, 0.3) is 0 Å². The number of nitrogen functional groups attached to an aromatic ring is 1. The van der Waals surface area contributed by atoms with E-state index in [2.05, 4.69) is 25.3 Å². The van der Waals surface area contributed by atoms with Crippen molar-refractivity contribution in [3.63, 3.8) is 0 Å². The predicted octanol–water partition coefficient (Wildman–Crippen LogP) is 3.16. The van der Waals surface area contributed by atoms with Gasteiger partial charge in [-0.05, 0) is 32.0 Å². The number of anilines is 1. The molecule has 3 heterocycles. The maximum absolute atomic E-state index is 13.4. The molecule has 0 fully saturated rings. The van der Waals surface area contributed by atoms with E-state index in [4.69, 9.17) is 5.73 Å². The quantitative estimate of drug-likeness (QED) is 0.512. The molecule has 0 aliphatic rings. The van der Waals surface area contributed by atoms with Crippen LogP contribution in [-0.2, 0) is 18.3 Å². The van der Waals surface area contributed by atoms with Gasteiger partial charge in [-0.15, -0.1) is 5.10 Å². The van der Waals surface area contributed by atoms with Crippen LogP contribution >= 0.6 is 0 Å². The minimum atomic E-state index is -4.59. The van der Waals surface area contributed by atoms with Crippen molar-refractivity contribution in [2.45, 2.75) is 32.2 Å². The first-order valence-corrected chi connectivity index (χ1v) is 9.25. The van der Waals surface area contributed by atoms with Crippen molar-refractivity contribution in [3.8, 4) is 11.4 Å². The van der Waals surface area contributed by atoms with Crippen LogP contribution in [0.5, 0.6) is 0 Å². The van der Waals surface area contributed by atoms with Gasteiger partial charge in [-0.1, -0.05) is 23.4 Å². The van der Waals surface area contributed by atoms with Crippen LogP contribution in [0.25, 0.3) is 22.3 Å². The van der Waals surface area contributed by atoms with Gasteiger partial charge in [0.2, 0.25) is 5.95 Å². The molecule has 0 unspecified atom stereocenters. The molecule has 3 N–H and O–H groups in total. The van der Waals surface area contributed by atoms with Gasteiger partial charge < -0.3 is 10.8 Å². The van der Waals surface area contributed by atoms with E-state index in [0.717, 1.165) is 6.07 Å². The second-order valence-corrected chi connectivity index (χ2v) is 7.50. The van der Waals surface area contributed by atoms with Crippen molar-refractivity contribution in [1.82, 2.24) is 29.9 Å². The Kier molecular flexibility index (Phi) is 4.85. The highest BCUT2D eigenvalue weighted by molar-refractivity contribution is 5.94. The zero-order valence-corrected chi connectivity index (χ0v) is 16.6. The van der Waals surface area contributed by atoms with Crippen LogP contribution in [0.2, 0.25) is 0 Å². The fraction of sp³-hybridized carbons (Fsp3) is 0.250.